The molecule has 0 unspecified atom stereocenters. The zero-order valence-electron chi connectivity index (χ0n) is 11.8. The quantitative estimate of drug-likeness (QED) is 0.867. The lowest BCUT2D eigenvalue weighted by molar-refractivity contribution is 0.0602. The molecule has 2 rings (SSSR count). The van der Waals surface area contributed by atoms with Crippen molar-refractivity contribution in [3.05, 3.63) is 50.2 Å². The number of aryl methyl sites for hydroxylation is 2. The molecule has 1 aromatic carbocycles. The normalized spacial score (nSPS) is 10.3. The van der Waals surface area contributed by atoms with E-state index in [1.165, 1.54) is 18.4 Å². The lowest BCUT2D eigenvalue weighted by Crippen LogP contribution is -2.15. The summed E-state index contributed by atoms with van der Waals surface area (Å²) >= 11 is 7.35. The molecule has 1 amide bonds. The maximum absolute atomic E-state index is 12.3. The lowest BCUT2D eigenvalue weighted by atomic mass is 10.1. The Balaban J connectivity index is 2.33. The van der Waals surface area contributed by atoms with Crippen LogP contribution in [0.3, 0.4) is 0 Å². The first kappa shape index (κ1) is 15.5. The highest BCUT2D eigenvalue weighted by atomic mass is 35.5. The lowest BCUT2D eigenvalue weighted by Gasteiger charge is -2.10. The van der Waals surface area contributed by atoms with Gasteiger partial charge in [-0.15, -0.1) is 11.3 Å². The van der Waals surface area contributed by atoms with Gasteiger partial charge in [0.25, 0.3) is 5.91 Å². The topological polar surface area (TPSA) is 55.4 Å². The molecule has 0 spiro atoms. The standard InChI is InChI=1S/C15H14ClNO3S/c1-8-4-5-11(10(6-8)15(19)20-3)17-14(18)13-12(16)9(2)7-21-13/h4-7H,1-3H3,(H,17,18). The van der Waals surface area contributed by atoms with Gasteiger partial charge in [-0.05, 0) is 36.9 Å². The summed E-state index contributed by atoms with van der Waals surface area (Å²) in [5.41, 5.74) is 2.47. The third kappa shape index (κ3) is 3.25. The van der Waals surface area contributed by atoms with E-state index in [0.29, 0.717) is 21.2 Å². The number of thiophene rings is 1. The minimum atomic E-state index is -0.498. The number of halogens is 1. The molecule has 1 heterocycles. The molecule has 0 saturated carbocycles. The monoisotopic (exact) mass is 323 g/mol. The summed E-state index contributed by atoms with van der Waals surface area (Å²) in [6.45, 7) is 3.69. The number of benzene rings is 1. The Hall–Kier alpha value is -1.85. The van der Waals surface area contributed by atoms with E-state index in [9.17, 15) is 9.59 Å². The van der Waals surface area contributed by atoms with E-state index < -0.39 is 5.97 Å². The van der Waals surface area contributed by atoms with Crippen LogP contribution in [0.2, 0.25) is 5.02 Å². The molecule has 6 heteroatoms. The van der Waals surface area contributed by atoms with Crippen molar-refractivity contribution in [2.75, 3.05) is 12.4 Å². The van der Waals surface area contributed by atoms with E-state index in [0.717, 1.165) is 11.1 Å². The van der Waals surface area contributed by atoms with E-state index in [-0.39, 0.29) is 5.91 Å². The number of anilines is 1. The number of carbonyl (C=O) groups is 2. The number of ether oxygens (including phenoxy) is 1. The average molecular weight is 324 g/mol. The van der Waals surface area contributed by atoms with Crippen LogP contribution in [-0.4, -0.2) is 19.0 Å². The zero-order valence-corrected chi connectivity index (χ0v) is 13.4. The number of rotatable bonds is 3. The second kappa shape index (κ2) is 6.28. The Labute approximate surface area is 131 Å². The predicted molar refractivity (Wildman–Crippen MR) is 84.5 cm³/mol. The van der Waals surface area contributed by atoms with Gasteiger partial charge in [0, 0.05) is 0 Å². The van der Waals surface area contributed by atoms with Gasteiger partial charge in [0.2, 0.25) is 0 Å². The minimum Gasteiger partial charge on any atom is -0.465 e. The summed E-state index contributed by atoms with van der Waals surface area (Å²) < 4.78 is 4.73. The van der Waals surface area contributed by atoms with E-state index in [2.05, 4.69) is 5.32 Å². The average Bonchev–Trinajstić information content (AvgIpc) is 2.80. The number of nitrogens with one attached hydrogen (secondary N) is 1. The fourth-order valence-corrected chi connectivity index (χ4v) is 2.98. The first-order valence-electron chi connectivity index (χ1n) is 6.18. The summed E-state index contributed by atoms with van der Waals surface area (Å²) in [7, 11) is 1.30. The van der Waals surface area contributed by atoms with Gasteiger partial charge < -0.3 is 10.1 Å². The van der Waals surface area contributed by atoms with E-state index >= 15 is 0 Å². The van der Waals surface area contributed by atoms with Crippen molar-refractivity contribution in [2.45, 2.75) is 13.8 Å². The number of esters is 1. The highest BCUT2D eigenvalue weighted by Crippen LogP contribution is 2.28. The Kier molecular flexibility index (Phi) is 4.65. The molecule has 21 heavy (non-hydrogen) atoms. The Morgan fingerprint density at radius 1 is 1.29 bits per heavy atom. The molecular formula is C15H14ClNO3S. The number of carbonyl (C=O) groups excluding carboxylic acids is 2. The molecule has 0 aliphatic rings. The van der Waals surface area contributed by atoms with Crippen LogP contribution in [-0.2, 0) is 4.74 Å². The number of methoxy groups -OCH3 is 1. The Bertz CT molecular complexity index is 709. The van der Waals surface area contributed by atoms with Crippen LogP contribution in [0.1, 0.15) is 31.2 Å². The highest BCUT2D eigenvalue weighted by molar-refractivity contribution is 7.13. The van der Waals surface area contributed by atoms with Gasteiger partial charge in [-0.1, -0.05) is 23.2 Å². The van der Waals surface area contributed by atoms with Crippen LogP contribution in [0.25, 0.3) is 0 Å². The third-order valence-electron chi connectivity index (χ3n) is 2.93. The van der Waals surface area contributed by atoms with Crippen molar-refractivity contribution in [1.82, 2.24) is 0 Å². The summed E-state index contributed by atoms with van der Waals surface area (Å²) in [5.74, 6) is -0.838. The first-order chi connectivity index (χ1) is 9.93. The highest BCUT2D eigenvalue weighted by Gasteiger charge is 2.18. The fourth-order valence-electron chi connectivity index (χ4n) is 1.81. The predicted octanol–water partition coefficient (Wildman–Crippen LogP) is 4.06. The summed E-state index contributed by atoms with van der Waals surface area (Å²) in [6.07, 6.45) is 0. The molecule has 0 fully saturated rings. The van der Waals surface area contributed by atoms with Gasteiger partial charge in [-0.3, -0.25) is 4.79 Å². The molecule has 0 saturated heterocycles. The van der Waals surface area contributed by atoms with Crippen molar-refractivity contribution in [3.8, 4) is 0 Å². The maximum Gasteiger partial charge on any atom is 0.339 e. The third-order valence-corrected chi connectivity index (χ3v) is 4.63. The number of amides is 1. The SMILES string of the molecule is COC(=O)c1cc(C)ccc1NC(=O)c1scc(C)c1Cl. The largest absolute Gasteiger partial charge is 0.465 e. The molecule has 0 aliphatic carbocycles. The van der Waals surface area contributed by atoms with Crippen LogP contribution < -0.4 is 5.32 Å². The molecule has 4 nitrogen and oxygen atoms in total. The molecule has 2 aromatic rings. The van der Waals surface area contributed by atoms with Crippen molar-refractivity contribution >= 4 is 40.5 Å². The Morgan fingerprint density at radius 2 is 2.00 bits per heavy atom. The first-order valence-corrected chi connectivity index (χ1v) is 7.43. The van der Waals surface area contributed by atoms with Crippen molar-refractivity contribution in [1.29, 1.82) is 0 Å². The van der Waals surface area contributed by atoms with E-state index in [4.69, 9.17) is 16.3 Å². The van der Waals surface area contributed by atoms with Crippen LogP contribution >= 0.6 is 22.9 Å². The molecule has 110 valence electrons. The van der Waals surface area contributed by atoms with Gasteiger partial charge in [0.05, 0.1) is 23.4 Å². The maximum atomic E-state index is 12.3. The number of hydrogen-bond donors (Lipinski definition) is 1. The summed E-state index contributed by atoms with van der Waals surface area (Å²) in [4.78, 5) is 24.5. The molecule has 0 bridgehead atoms. The van der Waals surface area contributed by atoms with Crippen LogP contribution in [0.5, 0.6) is 0 Å². The van der Waals surface area contributed by atoms with Crippen molar-refractivity contribution in [2.24, 2.45) is 0 Å². The van der Waals surface area contributed by atoms with Crippen LogP contribution in [0.4, 0.5) is 5.69 Å². The van der Waals surface area contributed by atoms with Gasteiger partial charge >= 0.3 is 5.97 Å². The minimum absolute atomic E-state index is 0.315. The van der Waals surface area contributed by atoms with E-state index in [1.54, 1.807) is 12.1 Å². The molecular weight excluding hydrogens is 310 g/mol. The van der Waals surface area contributed by atoms with Gasteiger partial charge in [-0.25, -0.2) is 4.79 Å². The van der Waals surface area contributed by atoms with E-state index in [1.807, 2.05) is 25.3 Å². The van der Waals surface area contributed by atoms with Crippen molar-refractivity contribution in [3.63, 3.8) is 0 Å². The van der Waals surface area contributed by atoms with Gasteiger partial charge in [-0.2, -0.15) is 0 Å². The zero-order chi connectivity index (χ0) is 15.6. The molecule has 1 N–H and O–H groups in total. The van der Waals surface area contributed by atoms with Crippen molar-refractivity contribution < 1.29 is 14.3 Å². The van der Waals surface area contributed by atoms with Gasteiger partial charge in [0.1, 0.15) is 4.88 Å². The number of hydrogen-bond acceptors (Lipinski definition) is 4. The summed E-state index contributed by atoms with van der Waals surface area (Å²) in [5, 5.41) is 4.96. The second-order valence-electron chi connectivity index (χ2n) is 4.56. The van der Waals surface area contributed by atoms with Crippen LogP contribution in [0, 0.1) is 13.8 Å². The van der Waals surface area contributed by atoms with Crippen LogP contribution in [0.15, 0.2) is 23.6 Å². The molecule has 1 aromatic heterocycles. The molecule has 0 atom stereocenters. The fraction of sp³-hybridized carbons (Fsp3) is 0.200. The summed E-state index contributed by atoms with van der Waals surface area (Å²) in [6, 6.07) is 5.15. The second-order valence-corrected chi connectivity index (χ2v) is 5.81. The Morgan fingerprint density at radius 3 is 2.57 bits per heavy atom. The molecule has 0 aliphatic heterocycles. The molecule has 0 radical (unpaired) electrons. The smallest absolute Gasteiger partial charge is 0.339 e. The van der Waals surface area contributed by atoms with Gasteiger partial charge in [0.15, 0.2) is 0 Å².